The zero-order valence-corrected chi connectivity index (χ0v) is 20.7. The van der Waals surface area contributed by atoms with E-state index in [1.807, 2.05) is 13.8 Å². The molecule has 1 atom stereocenters. The first-order chi connectivity index (χ1) is 17.0. The van der Waals surface area contributed by atoms with Crippen LogP contribution in [0.1, 0.15) is 53.0 Å². The molecule has 0 aliphatic heterocycles. The molecule has 1 amide bonds. The van der Waals surface area contributed by atoms with Crippen LogP contribution in [0.3, 0.4) is 0 Å². The number of anilines is 1. The van der Waals surface area contributed by atoms with E-state index in [0.29, 0.717) is 6.42 Å². The van der Waals surface area contributed by atoms with Crippen molar-refractivity contribution in [2.75, 3.05) is 5.32 Å². The Balaban J connectivity index is 1.86. The predicted molar refractivity (Wildman–Crippen MR) is 130 cm³/mol. The van der Waals surface area contributed by atoms with Crippen LogP contribution in [0.25, 0.3) is 0 Å². The van der Waals surface area contributed by atoms with Gasteiger partial charge in [-0.25, -0.2) is 13.5 Å². The third kappa shape index (κ3) is 6.97. The highest BCUT2D eigenvalue weighted by atomic mass is 19.1. The Morgan fingerprint density at radius 2 is 1.86 bits per heavy atom. The second-order valence-corrected chi connectivity index (χ2v) is 9.26. The molecule has 194 valence electrons. The second-order valence-electron chi connectivity index (χ2n) is 9.26. The highest BCUT2D eigenvalue weighted by Gasteiger charge is 2.27. The van der Waals surface area contributed by atoms with Gasteiger partial charge in [-0.15, -0.1) is 0 Å². The molecule has 0 spiro atoms. The van der Waals surface area contributed by atoms with Crippen molar-refractivity contribution in [2.24, 2.45) is 5.92 Å². The number of benzene rings is 1. The van der Waals surface area contributed by atoms with Gasteiger partial charge in [0.1, 0.15) is 6.04 Å². The summed E-state index contributed by atoms with van der Waals surface area (Å²) in [6.45, 7) is 7.51. The van der Waals surface area contributed by atoms with Gasteiger partial charge in [0.05, 0.1) is 18.3 Å². The van der Waals surface area contributed by atoms with Crippen LogP contribution in [0.4, 0.5) is 14.6 Å². The summed E-state index contributed by atoms with van der Waals surface area (Å²) in [6.07, 6.45) is 4.70. The first-order valence-corrected chi connectivity index (χ1v) is 11.8. The van der Waals surface area contributed by atoms with E-state index in [9.17, 15) is 23.5 Å². The number of carbonyl (C=O) groups is 1. The molecule has 0 aliphatic rings. The largest absolute Gasteiger partial charge is 0.449 e. The van der Waals surface area contributed by atoms with E-state index in [0.717, 1.165) is 41.9 Å². The van der Waals surface area contributed by atoms with E-state index < -0.39 is 40.5 Å². The number of hydrogen-bond acceptors (Lipinski definition) is 6. The van der Waals surface area contributed by atoms with E-state index in [4.69, 9.17) is 4.74 Å². The summed E-state index contributed by atoms with van der Waals surface area (Å²) in [4.78, 5) is 26.2. The fourth-order valence-corrected chi connectivity index (χ4v) is 3.77. The third-order valence-electron chi connectivity index (χ3n) is 5.69. The smallest absolute Gasteiger partial charge is 0.271 e. The normalized spacial score (nSPS) is 12.6. The SMILES string of the molecule is CCC(CC)CC(C(=O)Nc1ccn(CC(C)(C)O)n1)n1ncc(Oc2c(F)cccc2F)cc1=O. The molecule has 1 aromatic carbocycles. The van der Waals surface area contributed by atoms with Crippen molar-refractivity contribution >= 4 is 11.7 Å². The Morgan fingerprint density at radius 1 is 1.19 bits per heavy atom. The fourth-order valence-electron chi connectivity index (χ4n) is 3.77. The van der Waals surface area contributed by atoms with Crippen molar-refractivity contribution < 1.29 is 23.4 Å². The van der Waals surface area contributed by atoms with Gasteiger partial charge in [-0.05, 0) is 38.3 Å². The number of halogens is 2. The van der Waals surface area contributed by atoms with Crippen LogP contribution in [0.2, 0.25) is 0 Å². The van der Waals surface area contributed by atoms with E-state index in [2.05, 4.69) is 15.5 Å². The lowest BCUT2D eigenvalue weighted by Gasteiger charge is -2.22. The predicted octanol–water partition coefficient (Wildman–Crippen LogP) is 4.29. The molecule has 3 rings (SSSR count). The summed E-state index contributed by atoms with van der Waals surface area (Å²) in [6, 6.07) is 4.93. The number of hydrogen-bond donors (Lipinski definition) is 2. The molecule has 1 unspecified atom stereocenters. The van der Waals surface area contributed by atoms with Crippen LogP contribution in [-0.4, -0.2) is 36.2 Å². The average Bonchev–Trinajstić information content (AvgIpc) is 3.22. The van der Waals surface area contributed by atoms with Gasteiger partial charge in [0, 0.05) is 18.3 Å². The van der Waals surface area contributed by atoms with E-state index in [1.165, 1.54) is 10.7 Å². The van der Waals surface area contributed by atoms with E-state index in [-0.39, 0.29) is 24.0 Å². The van der Waals surface area contributed by atoms with Crippen LogP contribution in [0, 0.1) is 17.6 Å². The summed E-state index contributed by atoms with van der Waals surface area (Å²) in [5.74, 6) is -2.73. The molecule has 0 bridgehead atoms. The molecule has 36 heavy (non-hydrogen) atoms. The zero-order valence-electron chi connectivity index (χ0n) is 20.7. The molecule has 2 N–H and O–H groups in total. The highest BCUT2D eigenvalue weighted by molar-refractivity contribution is 5.92. The van der Waals surface area contributed by atoms with Crippen LogP contribution in [0.5, 0.6) is 11.5 Å². The van der Waals surface area contributed by atoms with Crippen molar-refractivity contribution in [3.05, 3.63) is 64.7 Å². The molecule has 0 saturated heterocycles. The number of nitrogens with one attached hydrogen (secondary N) is 1. The van der Waals surface area contributed by atoms with Gasteiger partial charge in [-0.3, -0.25) is 14.3 Å². The molecule has 3 aromatic rings. The van der Waals surface area contributed by atoms with E-state index >= 15 is 0 Å². The number of nitrogens with zero attached hydrogens (tertiary/aromatic N) is 4. The lowest BCUT2D eigenvalue weighted by Crippen LogP contribution is -2.36. The molecule has 0 fully saturated rings. The monoisotopic (exact) mass is 503 g/mol. The Hall–Kier alpha value is -3.60. The minimum atomic E-state index is -0.988. The van der Waals surface area contributed by atoms with Crippen molar-refractivity contribution in [1.82, 2.24) is 19.6 Å². The summed E-state index contributed by atoms with van der Waals surface area (Å²) in [5, 5.41) is 21.0. The summed E-state index contributed by atoms with van der Waals surface area (Å²) >= 11 is 0. The fraction of sp³-hybridized carbons (Fsp3) is 0.440. The standard InChI is InChI=1S/C25H31F2N5O4/c1-5-16(6-2)12-20(24(34)29-21-10-11-31(30-21)15-25(3,4)35)32-22(33)13-17(14-28-32)36-23-18(26)8-7-9-19(23)27/h7-11,13-14,16,20,35H,5-6,12,15H2,1-4H3,(H,29,30,34). The van der Waals surface area contributed by atoms with Crippen LogP contribution in [0.15, 0.2) is 47.5 Å². The van der Waals surface area contributed by atoms with Crippen molar-refractivity contribution in [2.45, 2.75) is 65.1 Å². The molecule has 2 aromatic heterocycles. The van der Waals surface area contributed by atoms with Crippen molar-refractivity contribution in [3.63, 3.8) is 0 Å². The quantitative estimate of drug-likeness (QED) is 0.404. The highest BCUT2D eigenvalue weighted by Crippen LogP contribution is 2.27. The summed E-state index contributed by atoms with van der Waals surface area (Å²) < 4.78 is 35.6. The number of aromatic nitrogens is 4. The summed E-state index contributed by atoms with van der Waals surface area (Å²) in [7, 11) is 0. The maximum absolute atomic E-state index is 13.9. The number of aliphatic hydroxyl groups is 1. The Kier molecular flexibility index (Phi) is 8.57. The van der Waals surface area contributed by atoms with Crippen molar-refractivity contribution in [1.29, 1.82) is 0 Å². The van der Waals surface area contributed by atoms with Crippen LogP contribution in [-0.2, 0) is 11.3 Å². The van der Waals surface area contributed by atoms with Crippen LogP contribution >= 0.6 is 0 Å². The number of para-hydroxylation sites is 1. The number of amides is 1. The summed E-state index contributed by atoms with van der Waals surface area (Å²) in [5.41, 5.74) is -1.65. The lowest BCUT2D eigenvalue weighted by atomic mass is 9.94. The molecule has 2 heterocycles. The number of rotatable bonds is 11. The molecular formula is C25H31F2N5O4. The average molecular weight is 504 g/mol. The van der Waals surface area contributed by atoms with Gasteiger partial charge < -0.3 is 15.2 Å². The first-order valence-electron chi connectivity index (χ1n) is 11.8. The Morgan fingerprint density at radius 3 is 2.44 bits per heavy atom. The molecule has 9 nitrogen and oxygen atoms in total. The molecule has 11 heteroatoms. The number of carbonyl (C=O) groups excluding carboxylic acids is 1. The van der Waals surface area contributed by atoms with Gasteiger partial charge in [-0.1, -0.05) is 32.8 Å². The lowest BCUT2D eigenvalue weighted by molar-refractivity contribution is -0.120. The third-order valence-corrected chi connectivity index (χ3v) is 5.69. The molecule has 0 aliphatic carbocycles. The van der Waals surface area contributed by atoms with Gasteiger partial charge in [0.15, 0.2) is 29.0 Å². The minimum Gasteiger partial charge on any atom is -0.449 e. The van der Waals surface area contributed by atoms with E-state index in [1.54, 1.807) is 26.1 Å². The van der Waals surface area contributed by atoms with Gasteiger partial charge in [0.25, 0.3) is 11.5 Å². The topological polar surface area (TPSA) is 111 Å². The van der Waals surface area contributed by atoms with Gasteiger partial charge >= 0.3 is 0 Å². The minimum absolute atomic E-state index is 0.144. The van der Waals surface area contributed by atoms with Crippen molar-refractivity contribution in [3.8, 4) is 11.5 Å². The first kappa shape index (κ1) is 27.0. The maximum Gasteiger partial charge on any atom is 0.271 e. The number of ether oxygens (including phenoxy) is 1. The maximum atomic E-state index is 13.9. The second kappa shape index (κ2) is 11.4. The molecular weight excluding hydrogens is 472 g/mol. The van der Waals surface area contributed by atoms with Crippen LogP contribution < -0.4 is 15.6 Å². The Labute approximate surface area is 207 Å². The van der Waals surface area contributed by atoms with Gasteiger partial charge in [-0.2, -0.15) is 10.2 Å². The zero-order chi connectivity index (χ0) is 26.5. The molecule has 0 saturated carbocycles. The Bertz CT molecular complexity index is 1230. The molecule has 0 radical (unpaired) electrons. The van der Waals surface area contributed by atoms with Gasteiger partial charge in [0.2, 0.25) is 0 Å².